The van der Waals surface area contributed by atoms with Crippen LogP contribution < -0.4 is 0 Å². The van der Waals surface area contributed by atoms with E-state index in [1.54, 1.807) is 4.90 Å². The minimum Gasteiger partial charge on any atom is -0.444 e. The van der Waals surface area contributed by atoms with E-state index in [1.165, 1.54) is 0 Å². The molecule has 0 radical (unpaired) electrons. The number of piperidine rings is 1. The van der Waals surface area contributed by atoms with Crippen LogP contribution in [-0.4, -0.2) is 40.1 Å². The Hall–Kier alpha value is -1.26. The van der Waals surface area contributed by atoms with Gasteiger partial charge in [0.1, 0.15) is 5.60 Å². The van der Waals surface area contributed by atoms with E-state index < -0.39 is 5.60 Å². The molecule has 0 aromatic rings. The SMILES string of the molecule is CC(C)(C)OC(=O)N1C[C@H]2C[C@@H]1C/C2=N\O. The number of fused-ring (bicyclic) bond motifs is 2. The average Bonchev–Trinajstić information content (AvgIpc) is 2.72. The van der Waals surface area contributed by atoms with Crippen molar-refractivity contribution in [1.82, 2.24) is 4.90 Å². The number of carbonyl (C=O) groups is 1. The maximum absolute atomic E-state index is 11.8. The summed E-state index contributed by atoms with van der Waals surface area (Å²) in [6.45, 7) is 6.21. The van der Waals surface area contributed by atoms with Crippen LogP contribution in [0.2, 0.25) is 0 Å². The third-order valence-corrected chi connectivity index (χ3v) is 3.09. The lowest BCUT2D eigenvalue weighted by molar-refractivity contribution is 0.0219. The molecule has 1 saturated heterocycles. The van der Waals surface area contributed by atoms with Gasteiger partial charge in [-0.2, -0.15) is 0 Å². The summed E-state index contributed by atoms with van der Waals surface area (Å²) in [4.78, 5) is 13.6. The lowest BCUT2D eigenvalue weighted by Gasteiger charge is -2.30. The second-order valence-corrected chi connectivity index (χ2v) is 5.51. The predicted octanol–water partition coefficient (Wildman–Crippen LogP) is 1.85. The first-order chi connectivity index (χ1) is 7.40. The van der Waals surface area contributed by atoms with E-state index in [1.807, 2.05) is 20.8 Å². The van der Waals surface area contributed by atoms with Crippen molar-refractivity contribution in [1.29, 1.82) is 0 Å². The molecule has 16 heavy (non-hydrogen) atoms. The summed E-state index contributed by atoms with van der Waals surface area (Å²) in [5, 5.41) is 12.0. The van der Waals surface area contributed by atoms with E-state index in [-0.39, 0.29) is 18.1 Å². The van der Waals surface area contributed by atoms with E-state index in [0.29, 0.717) is 13.0 Å². The maximum Gasteiger partial charge on any atom is 0.410 e. The molecular formula is C11H18N2O3. The molecule has 1 aliphatic carbocycles. The fraction of sp³-hybridized carbons (Fsp3) is 0.818. The molecule has 1 aliphatic heterocycles. The fourth-order valence-corrected chi connectivity index (χ4v) is 2.43. The molecule has 0 spiro atoms. The molecule has 1 amide bonds. The number of hydrogen-bond donors (Lipinski definition) is 1. The van der Waals surface area contributed by atoms with Crippen LogP contribution in [0, 0.1) is 5.92 Å². The monoisotopic (exact) mass is 226 g/mol. The summed E-state index contributed by atoms with van der Waals surface area (Å²) < 4.78 is 5.33. The van der Waals surface area contributed by atoms with Crippen molar-refractivity contribution < 1.29 is 14.7 Å². The zero-order valence-corrected chi connectivity index (χ0v) is 9.93. The summed E-state index contributed by atoms with van der Waals surface area (Å²) in [6, 6.07) is 0.158. The van der Waals surface area contributed by atoms with Crippen LogP contribution in [0.1, 0.15) is 33.6 Å². The molecule has 2 fully saturated rings. The van der Waals surface area contributed by atoms with E-state index in [2.05, 4.69) is 5.16 Å². The van der Waals surface area contributed by atoms with Crippen molar-refractivity contribution in [3.63, 3.8) is 0 Å². The number of rotatable bonds is 0. The van der Waals surface area contributed by atoms with Crippen molar-refractivity contribution in [3.05, 3.63) is 0 Å². The second kappa shape index (κ2) is 3.64. The van der Waals surface area contributed by atoms with Crippen LogP contribution in [-0.2, 0) is 4.74 Å². The highest BCUT2D eigenvalue weighted by Crippen LogP contribution is 2.36. The van der Waals surface area contributed by atoms with Crippen LogP contribution in [0.5, 0.6) is 0 Å². The van der Waals surface area contributed by atoms with E-state index in [9.17, 15) is 4.79 Å². The average molecular weight is 226 g/mol. The van der Waals surface area contributed by atoms with E-state index in [0.717, 1.165) is 12.1 Å². The predicted molar refractivity (Wildman–Crippen MR) is 58.7 cm³/mol. The van der Waals surface area contributed by atoms with Crippen molar-refractivity contribution >= 4 is 11.8 Å². The molecule has 2 atom stereocenters. The normalized spacial score (nSPS) is 31.2. The van der Waals surface area contributed by atoms with Gasteiger partial charge >= 0.3 is 6.09 Å². The number of ether oxygens (including phenoxy) is 1. The molecule has 0 unspecified atom stereocenters. The number of carbonyl (C=O) groups excluding carboxylic acids is 1. The number of likely N-dealkylation sites (tertiary alicyclic amines) is 1. The molecule has 5 heteroatoms. The highest BCUT2D eigenvalue weighted by molar-refractivity contribution is 5.91. The van der Waals surface area contributed by atoms with Crippen LogP contribution in [0.25, 0.3) is 0 Å². The molecule has 2 rings (SSSR count). The molecule has 90 valence electrons. The van der Waals surface area contributed by atoms with Crippen LogP contribution in [0.4, 0.5) is 4.79 Å². The number of nitrogens with zero attached hydrogens (tertiary/aromatic N) is 2. The standard InChI is InChI=1S/C11H18N2O3/c1-11(2,3)16-10(14)13-6-7-4-8(13)5-9(7)12-15/h7-8,15H,4-6H2,1-3H3/b12-9+/t7-,8-/m1/s1. The van der Waals surface area contributed by atoms with Gasteiger partial charge in [-0.25, -0.2) is 4.79 Å². The minimum absolute atomic E-state index is 0.158. The van der Waals surface area contributed by atoms with E-state index >= 15 is 0 Å². The molecule has 1 saturated carbocycles. The van der Waals surface area contributed by atoms with Gasteiger partial charge < -0.3 is 14.8 Å². The second-order valence-electron chi connectivity index (χ2n) is 5.51. The summed E-state index contributed by atoms with van der Waals surface area (Å²) in [6.07, 6.45) is 1.33. The summed E-state index contributed by atoms with van der Waals surface area (Å²) in [7, 11) is 0. The van der Waals surface area contributed by atoms with Gasteiger partial charge in [-0.05, 0) is 27.2 Å². The fourth-order valence-electron chi connectivity index (χ4n) is 2.43. The van der Waals surface area contributed by atoms with Crippen molar-refractivity contribution in [2.24, 2.45) is 11.1 Å². The Morgan fingerprint density at radius 1 is 1.56 bits per heavy atom. The number of hydrogen-bond acceptors (Lipinski definition) is 4. The lowest BCUT2D eigenvalue weighted by Crippen LogP contribution is -2.43. The Balaban J connectivity index is 1.98. The first-order valence-electron chi connectivity index (χ1n) is 5.61. The third-order valence-electron chi connectivity index (χ3n) is 3.09. The molecule has 2 aliphatic rings. The quantitative estimate of drug-likeness (QED) is 0.506. The highest BCUT2D eigenvalue weighted by Gasteiger charge is 2.46. The Bertz CT molecular complexity index is 333. The van der Waals surface area contributed by atoms with Gasteiger partial charge in [0.2, 0.25) is 0 Å². The molecular weight excluding hydrogens is 208 g/mol. The van der Waals surface area contributed by atoms with Gasteiger partial charge in [-0.3, -0.25) is 0 Å². The molecule has 0 aromatic heterocycles. The summed E-state index contributed by atoms with van der Waals surface area (Å²) in [5.74, 6) is 0.225. The largest absolute Gasteiger partial charge is 0.444 e. The Labute approximate surface area is 95.1 Å². The highest BCUT2D eigenvalue weighted by atomic mass is 16.6. The lowest BCUT2D eigenvalue weighted by atomic mass is 10.1. The van der Waals surface area contributed by atoms with Crippen molar-refractivity contribution in [2.45, 2.75) is 45.3 Å². The first-order valence-corrected chi connectivity index (χ1v) is 5.61. The minimum atomic E-state index is -0.452. The smallest absolute Gasteiger partial charge is 0.410 e. The number of oxime groups is 1. The molecule has 1 N–H and O–H groups in total. The van der Waals surface area contributed by atoms with Crippen molar-refractivity contribution in [2.75, 3.05) is 6.54 Å². The van der Waals surface area contributed by atoms with E-state index in [4.69, 9.17) is 9.94 Å². The molecule has 2 bridgehead atoms. The van der Waals surface area contributed by atoms with Gasteiger partial charge in [0.15, 0.2) is 0 Å². The number of amides is 1. The van der Waals surface area contributed by atoms with Gasteiger partial charge in [0.25, 0.3) is 0 Å². The first kappa shape index (κ1) is 11.2. The van der Waals surface area contributed by atoms with Gasteiger partial charge in [0.05, 0.1) is 5.71 Å². The van der Waals surface area contributed by atoms with Crippen LogP contribution in [0.3, 0.4) is 0 Å². The Morgan fingerprint density at radius 3 is 2.69 bits per heavy atom. The van der Waals surface area contributed by atoms with Crippen molar-refractivity contribution in [3.8, 4) is 0 Å². The topological polar surface area (TPSA) is 62.1 Å². The molecule has 5 nitrogen and oxygen atoms in total. The third kappa shape index (κ3) is 1.99. The van der Waals surface area contributed by atoms with Crippen LogP contribution >= 0.6 is 0 Å². The zero-order chi connectivity index (χ0) is 11.9. The van der Waals surface area contributed by atoms with Crippen LogP contribution in [0.15, 0.2) is 5.16 Å². The van der Waals surface area contributed by atoms with Gasteiger partial charge in [-0.15, -0.1) is 0 Å². The summed E-state index contributed by atoms with van der Waals surface area (Å²) in [5.41, 5.74) is 0.372. The van der Waals surface area contributed by atoms with Gasteiger partial charge in [0, 0.05) is 24.9 Å². The maximum atomic E-state index is 11.8. The Morgan fingerprint density at radius 2 is 2.25 bits per heavy atom. The Kier molecular flexibility index (Phi) is 2.56. The summed E-state index contributed by atoms with van der Waals surface area (Å²) >= 11 is 0. The van der Waals surface area contributed by atoms with Gasteiger partial charge in [-0.1, -0.05) is 5.16 Å². The molecule has 0 aromatic carbocycles. The molecule has 1 heterocycles. The zero-order valence-electron chi connectivity index (χ0n) is 9.93.